The van der Waals surface area contributed by atoms with Gasteiger partial charge in [-0.25, -0.2) is 9.18 Å². The van der Waals surface area contributed by atoms with Gasteiger partial charge >= 0.3 is 5.97 Å². The van der Waals surface area contributed by atoms with Gasteiger partial charge in [0.05, 0.1) is 12.7 Å². The van der Waals surface area contributed by atoms with Crippen LogP contribution in [0.3, 0.4) is 0 Å². The maximum Gasteiger partial charge on any atom is 0.341 e. The predicted octanol–water partition coefficient (Wildman–Crippen LogP) is 1.58. The monoisotopic (exact) mass is 236 g/mol. The van der Waals surface area contributed by atoms with Crippen LogP contribution >= 0.6 is 0 Å². The molecule has 0 amide bonds. The lowest BCUT2D eigenvalue weighted by atomic mass is 9.93. The van der Waals surface area contributed by atoms with E-state index in [9.17, 15) is 9.18 Å². The first-order valence-corrected chi connectivity index (χ1v) is 5.11. The number of hydrogen-bond acceptors (Lipinski definition) is 3. The average Bonchev–Trinajstić information content (AvgIpc) is 2.15. The van der Waals surface area contributed by atoms with Crippen molar-refractivity contribution in [2.24, 2.45) is 0 Å². The lowest BCUT2D eigenvalue weighted by Crippen LogP contribution is -2.25. The molecule has 0 heterocycles. The number of esters is 1. The molecule has 0 saturated carbocycles. The summed E-state index contributed by atoms with van der Waals surface area (Å²) in [5.41, 5.74) is -0.735. The Balaban J connectivity index is 3.12. The van der Waals surface area contributed by atoms with Gasteiger partial charge in [-0.15, -0.1) is 0 Å². The normalized spacial score (nSPS) is 11.1. The van der Waals surface area contributed by atoms with Crippen LogP contribution in [0.1, 0.15) is 31.1 Å². The fraction of sp³-hybridized carbons (Fsp3) is 0.417. The topological polar surface area (TPSA) is 35.5 Å². The van der Waals surface area contributed by atoms with E-state index in [4.69, 9.17) is 17.3 Å². The van der Waals surface area contributed by atoms with Crippen LogP contribution in [-0.2, 0) is 4.74 Å². The first-order chi connectivity index (χ1) is 7.76. The smallest absolute Gasteiger partial charge is 0.341 e. The Hall–Kier alpha value is -1.52. The molecular weight excluding hydrogens is 222 g/mol. The zero-order valence-electron chi connectivity index (χ0n) is 10.3. The maximum atomic E-state index is 13.9. The third-order valence-electron chi connectivity index (χ3n) is 1.95. The van der Waals surface area contributed by atoms with E-state index in [0.717, 1.165) is 0 Å². The van der Waals surface area contributed by atoms with Crippen LogP contribution in [0.2, 0.25) is 0 Å². The Morgan fingerprint density at radius 1 is 1.35 bits per heavy atom. The van der Waals surface area contributed by atoms with Crippen molar-refractivity contribution in [3.63, 3.8) is 0 Å². The summed E-state index contributed by atoms with van der Waals surface area (Å²) < 4.78 is 23.7. The van der Waals surface area contributed by atoms with Crippen molar-refractivity contribution >= 4 is 19.3 Å². The molecule has 0 N–H and O–H groups in total. The van der Waals surface area contributed by atoms with E-state index in [1.807, 2.05) is 0 Å². The van der Waals surface area contributed by atoms with Crippen LogP contribution in [0.15, 0.2) is 12.1 Å². The van der Waals surface area contributed by atoms with Crippen LogP contribution in [0, 0.1) is 5.82 Å². The number of benzene rings is 1. The molecule has 90 valence electrons. The molecule has 0 fully saturated rings. The van der Waals surface area contributed by atoms with Gasteiger partial charge in [0.25, 0.3) is 0 Å². The molecule has 1 aromatic rings. The Morgan fingerprint density at radius 2 is 1.94 bits per heavy atom. The Morgan fingerprint density at radius 3 is 2.41 bits per heavy atom. The van der Waals surface area contributed by atoms with Crippen LogP contribution < -0.4 is 10.2 Å². The second-order valence-electron chi connectivity index (χ2n) is 4.55. The minimum atomic E-state index is -0.804. The number of rotatable bonds is 2. The highest BCUT2D eigenvalue weighted by Gasteiger charge is 2.23. The molecule has 1 rings (SSSR count). The number of carbonyl (C=O) groups is 1. The van der Waals surface area contributed by atoms with E-state index in [2.05, 4.69) is 0 Å². The highest BCUT2D eigenvalue weighted by atomic mass is 19.1. The van der Waals surface area contributed by atoms with Crippen molar-refractivity contribution in [2.75, 3.05) is 7.11 Å². The average molecular weight is 236 g/mol. The van der Waals surface area contributed by atoms with E-state index in [0.29, 0.717) is 0 Å². The van der Waals surface area contributed by atoms with Crippen molar-refractivity contribution in [2.45, 2.75) is 26.4 Å². The molecule has 0 atom stereocenters. The van der Waals surface area contributed by atoms with Crippen molar-refractivity contribution in [3.05, 3.63) is 23.5 Å². The quantitative estimate of drug-likeness (QED) is 0.577. The summed E-state index contributed by atoms with van der Waals surface area (Å²) >= 11 is 0. The third kappa shape index (κ3) is 3.22. The second-order valence-corrected chi connectivity index (χ2v) is 4.55. The first kappa shape index (κ1) is 13.5. The number of halogens is 1. The minimum absolute atomic E-state index is 0.136. The maximum absolute atomic E-state index is 13.9. The largest absolute Gasteiger partial charge is 0.494 e. The summed E-state index contributed by atoms with van der Waals surface area (Å²) in [5.74, 6) is -1.69. The molecule has 0 aliphatic heterocycles. The molecule has 5 heteroatoms. The van der Waals surface area contributed by atoms with Crippen LogP contribution in [0.5, 0.6) is 5.75 Å². The molecule has 0 saturated heterocycles. The van der Waals surface area contributed by atoms with Crippen molar-refractivity contribution in [3.8, 4) is 5.75 Å². The van der Waals surface area contributed by atoms with Crippen molar-refractivity contribution in [1.82, 2.24) is 0 Å². The number of carbonyl (C=O) groups excluding carboxylic acids is 1. The number of hydrogen-bond donors (Lipinski definition) is 0. The van der Waals surface area contributed by atoms with Gasteiger partial charge in [-0.05, 0) is 26.8 Å². The third-order valence-corrected chi connectivity index (χ3v) is 1.95. The van der Waals surface area contributed by atoms with Crippen LogP contribution in [0.4, 0.5) is 4.39 Å². The molecule has 2 radical (unpaired) electrons. The van der Waals surface area contributed by atoms with E-state index in [-0.39, 0.29) is 16.8 Å². The molecule has 0 aliphatic carbocycles. The van der Waals surface area contributed by atoms with Crippen LogP contribution in [0.25, 0.3) is 0 Å². The molecule has 0 unspecified atom stereocenters. The van der Waals surface area contributed by atoms with Gasteiger partial charge < -0.3 is 9.47 Å². The summed E-state index contributed by atoms with van der Waals surface area (Å²) in [5, 5.41) is 0. The van der Waals surface area contributed by atoms with Gasteiger partial charge in [0.2, 0.25) is 0 Å². The molecular formula is C12H14BFO3. The van der Waals surface area contributed by atoms with E-state index < -0.39 is 17.4 Å². The summed E-state index contributed by atoms with van der Waals surface area (Å²) in [6.45, 7) is 5.12. The molecule has 1 aromatic carbocycles. The minimum Gasteiger partial charge on any atom is -0.494 e. The van der Waals surface area contributed by atoms with Gasteiger partial charge in [0, 0.05) is 0 Å². The first-order valence-electron chi connectivity index (χ1n) is 5.11. The van der Waals surface area contributed by atoms with E-state index in [1.54, 1.807) is 20.8 Å². The van der Waals surface area contributed by atoms with Gasteiger partial charge in [-0.1, -0.05) is 11.5 Å². The lowest BCUT2D eigenvalue weighted by Gasteiger charge is -2.20. The molecule has 0 aromatic heterocycles. The van der Waals surface area contributed by atoms with Crippen molar-refractivity contribution in [1.29, 1.82) is 0 Å². The van der Waals surface area contributed by atoms with Gasteiger partial charge in [-0.2, -0.15) is 0 Å². The zero-order valence-corrected chi connectivity index (χ0v) is 10.3. The zero-order chi connectivity index (χ0) is 13.2. The lowest BCUT2D eigenvalue weighted by molar-refractivity contribution is 0.00641. The fourth-order valence-corrected chi connectivity index (χ4v) is 1.27. The van der Waals surface area contributed by atoms with E-state index in [1.165, 1.54) is 19.2 Å². The highest BCUT2D eigenvalue weighted by Crippen LogP contribution is 2.20. The van der Waals surface area contributed by atoms with Crippen molar-refractivity contribution < 1.29 is 18.7 Å². The van der Waals surface area contributed by atoms with E-state index >= 15 is 0 Å². The second kappa shape index (κ2) is 4.78. The number of methoxy groups -OCH3 is 1. The van der Waals surface area contributed by atoms with Gasteiger partial charge in [-0.3, -0.25) is 0 Å². The molecule has 0 bridgehead atoms. The summed E-state index contributed by atoms with van der Waals surface area (Å²) in [4.78, 5) is 11.7. The molecule has 3 nitrogen and oxygen atoms in total. The number of ether oxygens (including phenoxy) is 2. The van der Waals surface area contributed by atoms with Gasteiger partial charge in [0.15, 0.2) is 5.82 Å². The van der Waals surface area contributed by atoms with Gasteiger partial charge in [0.1, 0.15) is 19.2 Å². The Labute approximate surface area is 101 Å². The summed E-state index contributed by atoms with van der Waals surface area (Å²) in [6, 6.07) is 2.68. The SMILES string of the molecule is [B]c1ccc(C(=O)OC(C)(C)C)c(F)c1OC. The fourth-order valence-electron chi connectivity index (χ4n) is 1.27. The summed E-state index contributed by atoms with van der Waals surface area (Å²) in [6.07, 6.45) is 0. The summed E-state index contributed by atoms with van der Waals surface area (Å²) in [7, 11) is 6.80. The molecule has 17 heavy (non-hydrogen) atoms. The Kier molecular flexibility index (Phi) is 3.81. The molecule has 0 spiro atoms. The van der Waals surface area contributed by atoms with Crippen LogP contribution in [-0.4, -0.2) is 26.5 Å². The predicted molar refractivity (Wildman–Crippen MR) is 63.5 cm³/mol. The standard InChI is InChI=1S/C12H14BFO3/c1-12(2,3)17-11(15)7-5-6-8(13)10(16-4)9(7)14/h5-6H,1-4H3. The Bertz CT molecular complexity index is 438. The highest BCUT2D eigenvalue weighted by molar-refractivity contribution is 6.34. The molecule has 0 aliphatic rings.